The highest BCUT2D eigenvalue weighted by molar-refractivity contribution is 9.10. The fourth-order valence-electron chi connectivity index (χ4n) is 3.41. The SMILES string of the molecule is OCC1O[C@H](Sc2cccc(Br)c2)C(O)C(n2cc(-c3cc(F)c(F)c(F)c3)nn2)[C@H]1O. The summed E-state index contributed by atoms with van der Waals surface area (Å²) in [6.07, 6.45) is -2.40. The average molecular weight is 532 g/mol. The summed E-state index contributed by atoms with van der Waals surface area (Å²) >= 11 is 4.56. The van der Waals surface area contributed by atoms with E-state index in [4.69, 9.17) is 4.74 Å². The van der Waals surface area contributed by atoms with Crippen LogP contribution in [0, 0.1) is 17.5 Å². The van der Waals surface area contributed by atoms with Crippen molar-refractivity contribution in [3.8, 4) is 11.3 Å². The van der Waals surface area contributed by atoms with E-state index in [1.165, 1.54) is 18.0 Å². The lowest BCUT2D eigenvalue weighted by Gasteiger charge is -2.41. The van der Waals surface area contributed by atoms with Crippen LogP contribution in [0.2, 0.25) is 0 Å². The zero-order chi connectivity index (χ0) is 23.0. The van der Waals surface area contributed by atoms with Crippen LogP contribution in [0.25, 0.3) is 11.3 Å². The van der Waals surface area contributed by atoms with Gasteiger partial charge in [-0.3, -0.25) is 0 Å². The fraction of sp³-hybridized carbons (Fsp3) is 0.300. The molecule has 0 bridgehead atoms. The standard InChI is InChI=1S/C20H17BrF3N3O4S/c21-10-2-1-3-11(6-10)32-20-19(30)17(18(29)15(8-28)31-20)27-7-14(25-26-27)9-4-12(22)16(24)13(23)5-9/h1-7,15,17-20,28-30H,8H2/t15?,17?,18-,19?,20+/m0/s1. The summed E-state index contributed by atoms with van der Waals surface area (Å²) in [4.78, 5) is 0.770. The summed E-state index contributed by atoms with van der Waals surface area (Å²) in [5, 5.41) is 39.0. The van der Waals surface area contributed by atoms with Crippen LogP contribution in [0.5, 0.6) is 0 Å². The molecule has 32 heavy (non-hydrogen) atoms. The van der Waals surface area contributed by atoms with Crippen LogP contribution in [0.15, 0.2) is 52.0 Å². The molecule has 0 radical (unpaired) electrons. The Balaban J connectivity index is 1.64. The predicted octanol–water partition coefficient (Wildman–Crippen LogP) is 2.90. The lowest BCUT2D eigenvalue weighted by atomic mass is 9.97. The molecule has 12 heteroatoms. The molecule has 2 aromatic carbocycles. The van der Waals surface area contributed by atoms with Crippen molar-refractivity contribution in [2.75, 3.05) is 6.61 Å². The summed E-state index contributed by atoms with van der Waals surface area (Å²) < 4.78 is 48.1. The van der Waals surface area contributed by atoms with Crippen LogP contribution < -0.4 is 0 Å². The predicted molar refractivity (Wildman–Crippen MR) is 112 cm³/mol. The molecule has 170 valence electrons. The number of ether oxygens (including phenoxy) is 1. The number of aromatic nitrogens is 3. The molecule has 0 saturated carbocycles. The minimum absolute atomic E-state index is 0.00503. The molecule has 7 nitrogen and oxygen atoms in total. The van der Waals surface area contributed by atoms with E-state index >= 15 is 0 Å². The third kappa shape index (κ3) is 4.56. The number of aliphatic hydroxyl groups excluding tert-OH is 3. The number of benzene rings is 2. The van der Waals surface area contributed by atoms with Gasteiger partial charge in [0.2, 0.25) is 0 Å². The lowest BCUT2D eigenvalue weighted by Crippen LogP contribution is -2.55. The summed E-state index contributed by atoms with van der Waals surface area (Å²) in [5.41, 5.74) is -0.934. The molecule has 1 fully saturated rings. The molecule has 1 aromatic heterocycles. The Labute approximate surface area is 193 Å². The number of rotatable bonds is 5. The maximum absolute atomic E-state index is 13.6. The molecule has 3 N–H and O–H groups in total. The molecular formula is C20H17BrF3N3O4S. The van der Waals surface area contributed by atoms with Gasteiger partial charge in [-0.1, -0.05) is 39.0 Å². The summed E-state index contributed by atoms with van der Waals surface area (Å²) in [6.45, 7) is -0.518. The van der Waals surface area contributed by atoms with Crippen molar-refractivity contribution in [2.24, 2.45) is 0 Å². The third-order valence-corrected chi connectivity index (χ3v) is 6.63. The van der Waals surface area contributed by atoms with E-state index in [0.717, 1.165) is 26.2 Å². The third-order valence-electron chi connectivity index (χ3n) is 4.99. The number of hydrogen-bond acceptors (Lipinski definition) is 7. The number of thioether (sulfide) groups is 1. The Morgan fingerprint density at radius 1 is 1.09 bits per heavy atom. The van der Waals surface area contributed by atoms with Gasteiger partial charge in [0.25, 0.3) is 0 Å². The molecule has 1 saturated heterocycles. The van der Waals surface area contributed by atoms with Gasteiger partial charge in [0, 0.05) is 14.9 Å². The van der Waals surface area contributed by atoms with Gasteiger partial charge in [-0.2, -0.15) is 0 Å². The van der Waals surface area contributed by atoms with Gasteiger partial charge in [-0.05, 0) is 30.3 Å². The van der Waals surface area contributed by atoms with Gasteiger partial charge in [-0.15, -0.1) is 5.10 Å². The molecule has 2 heterocycles. The molecule has 3 unspecified atom stereocenters. The van der Waals surface area contributed by atoms with E-state index in [-0.39, 0.29) is 11.3 Å². The lowest BCUT2D eigenvalue weighted by molar-refractivity contribution is -0.178. The first kappa shape index (κ1) is 23.2. The van der Waals surface area contributed by atoms with Crippen LogP contribution in [-0.2, 0) is 4.74 Å². The maximum Gasteiger partial charge on any atom is 0.194 e. The number of hydrogen-bond donors (Lipinski definition) is 3. The Kier molecular flexibility index (Phi) is 6.89. The fourth-order valence-corrected chi connectivity index (χ4v) is 5.08. The van der Waals surface area contributed by atoms with Gasteiger partial charge in [0.15, 0.2) is 17.5 Å². The molecule has 0 amide bonds. The van der Waals surface area contributed by atoms with Gasteiger partial charge in [0.05, 0.1) is 12.8 Å². The first-order valence-corrected chi connectivity index (χ1v) is 11.1. The molecular weight excluding hydrogens is 515 g/mol. The number of nitrogens with zero attached hydrogens (tertiary/aromatic N) is 3. The molecule has 1 aliphatic rings. The van der Waals surface area contributed by atoms with Gasteiger partial charge in [-0.25, -0.2) is 17.9 Å². The molecule has 0 spiro atoms. The summed E-state index contributed by atoms with van der Waals surface area (Å²) in [6, 6.07) is 7.73. The smallest absolute Gasteiger partial charge is 0.194 e. The molecule has 5 atom stereocenters. The topological polar surface area (TPSA) is 101 Å². The molecule has 0 aliphatic carbocycles. The van der Waals surface area contributed by atoms with E-state index in [1.54, 1.807) is 0 Å². The van der Waals surface area contributed by atoms with Crippen LogP contribution in [-0.4, -0.2) is 60.7 Å². The Morgan fingerprint density at radius 3 is 2.47 bits per heavy atom. The van der Waals surface area contributed by atoms with Crippen molar-refractivity contribution < 1.29 is 33.2 Å². The number of aliphatic hydroxyl groups is 3. The number of halogens is 4. The Hall–Kier alpha value is -1.96. The molecule has 1 aliphatic heterocycles. The van der Waals surface area contributed by atoms with Crippen LogP contribution >= 0.6 is 27.7 Å². The van der Waals surface area contributed by atoms with Crippen LogP contribution in [0.4, 0.5) is 13.2 Å². The van der Waals surface area contributed by atoms with Crippen molar-refractivity contribution in [1.29, 1.82) is 0 Å². The van der Waals surface area contributed by atoms with Crippen molar-refractivity contribution in [2.45, 2.75) is 34.7 Å². The average Bonchev–Trinajstić information content (AvgIpc) is 3.23. The summed E-state index contributed by atoms with van der Waals surface area (Å²) in [5.74, 6) is -4.37. The van der Waals surface area contributed by atoms with Gasteiger partial charge < -0.3 is 20.1 Å². The normalized spacial score (nSPS) is 25.8. The minimum Gasteiger partial charge on any atom is -0.394 e. The second-order valence-electron chi connectivity index (χ2n) is 7.11. The van der Waals surface area contributed by atoms with E-state index in [0.29, 0.717) is 0 Å². The van der Waals surface area contributed by atoms with E-state index in [9.17, 15) is 28.5 Å². The van der Waals surface area contributed by atoms with Gasteiger partial charge >= 0.3 is 0 Å². The second-order valence-corrected chi connectivity index (χ2v) is 9.20. The first-order chi connectivity index (χ1) is 15.3. The quantitative estimate of drug-likeness (QED) is 0.435. The molecule has 4 rings (SSSR count). The Morgan fingerprint density at radius 2 is 1.81 bits per heavy atom. The van der Waals surface area contributed by atoms with Crippen LogP contribution in [0.3, 0.4) is 0 Å². The zero-order valence-electron chi connectivity index (χ0n) is 16.1. The van der Waals surface area contributed by atoms with E-state index in [1.807, 2.05) is 24.3 Å². The summed E-state index contributed by atoms with van der Waals surface area (Å²) in [7, 11) is 0. The maximum atomic E-state index is 13.6. The van der Waals surface area contributed by atoms with Gasteiger partial charge in [0.1, 0.15) is 35.5 Å². The monoisotopic (exact) mass is 531 g/mol. The highest BCUT2D eigenvalue weighted by Crippen LogP contribution is 2.38. The highest BCUT2D eigenvalue weighted by Gasteiger charge is 2.46. The van der Waals surface area contributed by atoms with E-state index < -0.39 is 53.8 Å². The first-order valence-electron chi connectivity index (χ1n) is 9.40. The largest absolute Gasteiger partial charge is 0.394 e. The van der Waals surface area contributed by atoms with Crippen molar-refractivity contribution in [1.82, 2.24) is 15.0 Å². The van der Waals surface area contributed by atoms with Crippen LogP contribution in [0.1, 0.15) is 6.04 Å². The Bertz CT molecular complexity index is 1100. The van der Waals surface area contributed by atoms with Crippen molar-refractivity contribution in [3.05, 3.63) is 64.5 Å². The second kappa shape index (κ2) is 9.49. The molecule has 3 aromatic rings. The zero-order valence-corrected chi connectivity index (χ0v) is 18.5. The van der Waals surface area contributed by atoms with Crippen molar-refractivity contribution >= 4 is 27.7 Å². The van der Waals surface area contributed by atoms with E-state index in [2.05, 4.69) is 26.2 Å². The minimum atomic E-state index is -1.60. The van der Waals surface area contributed by atoms with Crippen molar-refractivity contribution in [3.63, 3.8) is 0 Å². The highest BCUT2D eigenvalue weighted by atomic mass is 79.9.